The third-order valence-electron chi connectivity index (χ3n) is 4.59. The second-order valence-electron chi connectivity index (χ2n) is 5.73. The van der Waals surface area contributed by atoms with E-state index in [9.17, 15) is 0 Å². The van der Waals surface area contributed by atoms with Crippen LogP contribution in [-0.2, 0) is 0 Å². The molecule has 0 atom stereocenters. The van der Waals surface area contributed by atoms with Gasteiger partial charge >= 0.3 is 0 Å². The van der Waals surface area contributed by atoms with Crippen molar-refractivity contribution < 1.29 is 0 Å². The highest BCUT2D eigenvalue weighted by Crippen LogP contribution is 2.44. The zero-order valence-electron chi connectivity index (χ0n) is 11.7. The molecule has 0 aliphatic carbocycles. The van der Waals surface area contributed by atoms with Crippen molar-refractivity contribution in [3.05, 3.63) is 60.7 Å². The molecule has 0 bridgehead atoms. The molecule has 0 aliphatic rings. The molecule has 0 unspecified atom stereocenters. The average Bonchev–Trinajstić information content (AvgIpc) is 2.56. The van der Waals surface area contributed by atoms with E-state index in [1.54, 1.807) is 0 Å². The molecule has 0 N–H and O–H groups in total. The van der Waals surface area contributed by atoms with Crippen molar-refractivity contribution in [1.29, 1.82) is 0 Å². The summed E-state index contributed by atoms with van der Waals surface area (Å²) in [5.74, 6) is 0. The van der Waals surface area contributed by atoms with Crippen LogP contribution < -0.4 is 0 Å². The third kappa shape index (κ3) is 1.47. The maximum Gasteiger partial charge on any atom is 0.0259 e. The van der Waals surface area contributed by atoms with Crippen LogP contribution in [-0.4, -0.2) is 0 Å². The van der Waals surface area contributed by atoms with E-state index in [1.807, 2.05) is 0 Å². The van der Waals surface area contributed by atoms with E-state index in [4.69, 9.17) is 12.6 Å². The number of benzene rings is 5. The molecule has 0 saturated heterocycles. The Labute approximate surface area is 138 Å². The van der Waals surface area contributed by atoms with E-state index in [1.165, 1.54) is 43.1 Å². The summed E-state index contributed by atoms with van der Waals surface area (Å²) in [5.41, 5.74) is 0. The zero-order valence-corrected chi connectivity index (χ0v) is 13.5. The molecule has 0 saturated carbocycles. The van der Waals surface area contributed by atoms with Crippen LogP contribution in [0, 0.1) is 0 Å². The largest absolute Gasteiger partial charge is 0.142 e. The number of rotatable bonds is 0. The minimum Gasteiger partial charge on any atom is -0.142 e. The van der Waals surface area contributed by atoms with E-state index in [-0.39, 0.29) is 0 Å². The van der Waals surface area contributed by atoms with Crippen molar-refractivity contribution >= 4 is 68.3 Å². The van der Waals surface area contributed by atoms with Crippen LogP contribution in [0.5, 0.6) is 0 Å². The summed E-state index contributed by atoms with van der Waals surface area (Å²) in [6.07, 6.45) is 0. The standard InChI is InChI=1S/C20H12S2/c21-16-10-12-9-8-11-4-3-7-14-13-5-1-2-6-15(13)19(20(16)22)18(12)17(11)14/h1-10,21-22H. The van der Waals surface area contributed by atoms with Crippen molar-refractivity contribution in [2.24, 2.45) is 0 Å². The second kappa shape index (κ2) is 4.31. The fourth-order valence-corrected chi connectivity index (χ4v) is 4.22. The molecule has 104 valence electrons. The molecule has 0 aromatic heterocycles. The average molecular weight is 316 g/mol. The van der Waals surface area contributed by atoms with Gasteiger partial charge in [-0.2, -0.15) is 0 Å². The topological polar surface area (TPSA) is 0 Å². The van der Waals surface area contributed by atoms with Crippen molar-refractivity contribution in [2.75, 3.05) is 0 Å². The van der Waals surface area contributed by atoms with Gasteiger partial charge in [-0.3, -0.25) is 0 Å². The Morgan fingerprint density at radius 2 is 1.23 bits per heavy atom. The first-order chi connectivity index (χ1) is 10.8. The highest BCUT2D eigenvalue weighted by molar-refractivity contribution is 7.83. The van der Waals surface area contributed by atoms with E-state index >= 15 is 0 Å². The lowest BCUT2D eigenvalue weighted by molar-refractivity contribution is 1.35. The summed E-state index contributed by atoms with van der Waals surface area (Å²) in [5, 5.41) is 10.2. The minimum atomic E-state index is 0.930. The molecule has 0 aliphatic heterocycles. The molecule has 5 rings (SSSR count). The SMILES string of the molecule is Sc1cc2ccc3cccc4c5ccccc5c(c1S)c2c34. The minimum absolute atomic E-state index is 0.930. The summed E-state index contributed by atoms with van der Waals surface area (Å²) < 4.78 is 0. The maximum atomic E-state index is 4.77. The molecule has 0 spiro atoms. The van der Waals surface area contributed by atoms with E-state index in [2.05, 4.69) is 73.3 Å². The van der Waals surface area contributed by atoms with Gasteiger partial charge in [0, 0.05) is 15.2 Å². The van der Waals surface area contributed by atoms with Gasteiger partial charge in [0.05, 0.1) is 0 Å². The number of hydrogen-bond donors (Lipinski definition) is 2. The zero-order chi connectivity index (χ0) is 14.8. The number of fused-ring (bicyclic) bond motifs is 3. The van der Waals surface area contributed by atoms with Gasteiger partial charge in [-0.25, -0.2) is 0 Å². The van der Waals surface area contributed by atoms with Gasteiger partial charge in [0.15, 0.2) is 0 Å². The summed E-state index contributed by atoms with van der Waals surface area (Å²) in [6.45, 7) is 0. The van der Waals surface area contributed by atoms with Crippen molar-refractivity contribution in [3.63, 3.8) is 0 Å². The number of thiol groups is 2. The van der Waals surface area contributed by atoms with Crippen molar-refractivity contribution in [1.82, 2.24) is 0 Å². The van der Waals surface area contributed by atoms with E-state index in [0.717, 1.165) is 9.79 Å². The third-order valence-corrected chi connectivity index (χ3v) is 5.58. The van der Waals surface area contributed by atoms with Crippen LogP contribution in [0.25, 0.3) is 43.1 Å². The van der Waals surface area contributed by atoms with Gasteiger partial charge in [0.2, 0.25) is 0 Å². The molecular weight excluding hydrogens is 304 g/mol. The first-order valence-electron chi connectivity index (χ1n) is 7.26. The quantitative estimate of drug-likeness (QED) is 0.186. The van der Waals surface area contributed by atoms with Crippen LogP contribution in [0.1, 0.15) is 0 Å². The second-order valence-corrected chi connectivity index (χ2v) is 6.66. The first-order valence-corrected chi connectivity index (χ1v) is 8.15. The molecule has 22 heavy (non-hydrogen) atoms. The van der Waals surface area contributed by atoms with Gasteiger partial charge in [0.1, 0.15) is 0 Å². The van der Waals surface area contributed by atoms with Crippen LogP contribution in [0.15, 0.2) is 70.5 Å². The molecule has 0 amide bonds. The Balaban J connectivity index is 2.32. The monoisotopic (exact) mass is 316 g/mol. The lowest BCUT2D eigenvalue weighted by atomic mass is 9.89. The van der Waals surface area contributed by atoms with E-state index in [0.29, 0.717) is 0 Å². The molecule has 0 nitrogen and oxygen atoms in total. The van der Waals surface area contributed by atoms with E-state index < -0.39 is 0 Å². The normalized spacial score (nSPS) is 12.1. The van der Waals surface area contributed by atoms with Crippen LogP contribution in [0.3, 0.4) is 0 Å². The van der Waals surface area contributed by atoms with Crippen molar-refractivity contribution in [3.8, 4) is 0 Å². The van der Waals surface area contributed by atoms with Gasteiger partial charge in [-0.1, -0.05) is 54.6 Å². The highest BCUT2D eigenvalue weighted by atomic mass is 32.1. The van der Waals surface area contributed by atoms with Crippen LogP contribution in [0.4, 0.5) is 0 Å². The predicted octanol–water partition coefficient (Wildman–Crippen LogP) is 6.31. The first kappa shape index (κ1) is 12.6. The molecule has 0 fully saturated rings. The van der Waals surface area contributed by atoms with Crippen LogP contribution >= 0.6 is 25.3 Å². The molecular formula is C20H12S2. The lowest BCUT2D eigenvalue weighted by Crippen LogP contribution is -1.89. The summed E-state index contributed by atoms with van der Waals surface area (Å²) in [7, 11) is 0. The predicted molar refractivity (Wildman–Crippen MR) is 102 cm³/mol. The molecule has 0 heterocycles. The van der Waals surface area contributed by atoms with Crippen LogP contribution in [0.2, 0.25) is 0 Å². The Morgan fingerprint density at radius 1 is 0.545 bits per heavy atom. The molecule has 5 aromatic rings. The van der Waals surface area contributed by atoms with Gasteiger partial charge < -0.3 is 0 Å². The fourth-order valence-electron chi connectivity index (χ4n) is 3.67. The summed E-state index contributed by atoms with van der Waals surface area (Å²) >= 11 is 9.40. The Kier molecular flexibility index (Phi) is 2.47. The molecule has 0 radical (unpaired) electrons. The van der Waals surface area contributed by atoms with Gasteiger partial charge in [-0.15, -0.1) is 25.3 Å². The summed E-state index contributed by atoms with van der Waals surface area (Å²) in [6, 6.07) is 21.6. The number of hydrogen-bond acceptors (Lipinski definition) is 2. The maximum absolute atomic E-state index is 4.77. The van der Waals surface area contributed by atoms with Gasteiger partial charge in [0.25, 0.3) is 0 Å². The Morgan fingerprint density at radius 3 is 2.09 bits per heavy atom. The van der Waals surface area contributed by atoms with Gasteiger partial charge in [-0.05, 0) is 43.8 Å². The Bertz CT molecular complexity index is 1190. The fraction of sp³-hybridized carbons (Fsp3) is 0. The lowest BCUT2D eigenvalue weighted by Gasteiger charge is -2.16. The molecule has 5 aromatic carbocycles. The highest BCUT2D eigenvalue weighted by Gasteiger charge is 2.15. The van der Waals surface area contributed by atoms with Crippen molar-refractivity contribution in [2.45, 2.75) is 9.79 Å². The summed E-state index contributed by atoms with van der Waals surface area (Å²) in [4.78, 5) is 1.89. The smallest absolute Gasteiger partial charge is 0.0259 e. The molecule has 2 heteroatoms. The Hall–Kier alpha value is -1.90.